The molecule has 48 heavy (non-hydrogen) atoms. The van der Waals surface area contributed by atoms with Gasteiger partial charge in [0.15, 0.2) is 5.82 Å². The van der Waals surface area contributed by atoms with Crippen molar-refractivity contribution in [1.82, 2.24) is 23.9 Å². The van der Waals surface area contributed by atoms with E-state index in [1.807, 2.05) is 0 Å². The molecule has 2 aromatic heterocycles. The van der Waals surface area contributed by atoms with Gasteiger partial charge in [0.1, 0.15) is 5.75 Å². The molecule has 4 atom stereocenters. The number of imide groups is 1. The Kier molecular flexibility index (Phi) is 7.45. The van der Waals surface area contributed by atoms with Crippen LogP contribution in [0, 0.1) is 5.92 Å². The normalized spacial score (nSPS) is 23.4. The first-order valence-electron chi connectivity index (χ1n) is 14.4. The van der Waals surface area contributed by atoms with Crippen LogP contribution in [-0.4, -0.2) is 40.8 Å². The molecular formula is C31H22BrCl2F3N6O5. The number of fused-ring (bicyclic) bond motifs is 4. The van der Waals surface area contributed by atoms with Gasteiger partial charge in [-0.15, -0.1) is 0 Å². The van der Waals surface area contributed by atoms with Gasteiger partial charge < -0.3 is 5.11 Å². The fourth-order valence-electron chi connectivity index (χ4n) is 7.25. The van der Waals surface area contributed by atoms with Crippen LogP contribution in [0.15, 0.2) is 80.4 Å². The predicted octanol–water partition coefficient (Wildman–Crippen LogP) is 5.16. The molecule has 0 unspecified atom stereocenters. The van der Waals surface area contributed by atoms with Gasteiger partial charge in [-0.05, 0) is 54.0 Å². The van der Waals surface area contributed by atoms with Gasteiger partial charge in [-0.1, -0.05) is 57.3 Å². The van der Waals surface area contributed by atoms with Crippen LogP contribution in [-0.2, 0) is 34.8 Å². The van der Waals surface area contributed by atoms with E-state index in [1.54, 1.807) is 42.5 Å². The molecule has 17 heteroatoms. The number of nitrogens with zero attached hydrogens (tertiary/aromatic N) is 5. The van der Waals surface area contributed by atoms with Crippen molar-refractivity contribution in [2.75, 3.05) is 5.43 Å². The highest BCUT2D eigenvalue weighted by atomic mass is 79.9. The first kappa shape index (κ1) is 32.2. The van der Waals surface area contributed by atoms with Crippen molar-refractivity contribution in [1.29, 1.82) is 0 Å². The van der Waals surface area contributed by atoms with E-state index < -0.39 is 63.2 Å². The summed E-state index contributed by atoms with van der Waals surface area (Å²) in [5, 5.41) is 11.8. The Bertz CT molecular complexity index is 2200. The molecule has 248 valence electrons. The molecule has 1 aliphatic carbocycles. The van der Waals surface area contributed by atoms with Crippen LogP contribution in [0.1, 0.15) is 35.1 Å². The van der Waals surface area contributed by atoms with Crippen molar-refractivity contribution in [3.05, 3.63) is 119 Å². The largest absolute Gasteiger partial charge is 0.508 e. The Hall–Kier alpha value is -4.34. The Morgan fingerprint density at radius 1 is 1.04 bits per heavy atom. The zero-order valence-corrected chi connectivity index (χ0v) is 27.6. The van der Waals surface area contributed by atoms with E-state index in [1.165, 1.54) is 22.5 Å². The van der Waals surface area contributed by atoms with Crippen LogP contribution in [0.4, 0.5) is 19.0 Å². The average molecular weight is 766 g/mol. The molecule has 4 heterocycles. The highest BCUT2D eigenvalue weighted by Gasteiger charge is 2.69. The first-order chi connectivity index (χ1) is 22.7. The zero-order chi connectivity index (χ0) is 34.4. The van der Waals surface area contributed by atoms with Crippen molar-refractivity contribution in [3.8, 4) is 5.75 Å². The molecule has 2 amide bonds. The number of hydrogen-bond acceptors (Lipinski definition) is 7. The van der Waals surface area contributed by atoms with Crippen LogP contribution >= 0.6 is 39.1 Å². The van der Waals surface area contributed by atoms with Crippen molar-refractivity contribution < 1.29 is 27.9 Å². The number of aromatic hydroxyl groups is 1. The van der Waals surface area contributed by atoms with Crippen LogP contribution in [0.25, 0.3) is 0 Å². The molecule has 0 spiro atoms. The topological polar surface area (TPSA) is 131 Å². The Labute approximate surface area is 286 Å². The van der Waals surface area contributed by atoms with Gasteiger partial charge in [-0.2, -0.15) is 18.2 Å². The van der Waals surface area contributed by atoms with Gasteiger partial charge in [0.2, 0.25) is 0 Å². The van der Waals surface area contributed by atoms with E-state index in [0.717, 1.165) is 4.57 Å². The summed E-state index contributed by atoms with van der Waals surface area (Å²) < 4.78 is 44.0. The highest BCUT2D eigenvalue weighted by Crippen LogP contribution is 2.63. The van der Waals surface area contributed by atoms with Crippen LogP contribution in [0.3, 0.4) is 0 Å². The first-order valence-corrected chi connectivity index (χ1v) is 15.9. The van der Waals surface area contributed by atoms with Gasteiger partial charge in [-0.25, -0.2) is 28.5 Å². The zero-order valence-electron chi connectivity index (χ0n) is 24.5. The van der Waals surface area contributed by atoms with Crippen LogP contribution in [0.5, 0.6) is 5.75 Å². The van der Waals surface area contributed by atoms with Gasteiger partial charge in [0.25, 0.3) is 11.8 Å². The number of carbonyl (C=O) groups excluding carboxylic acids is 2. The van der Waals surface area contributed by atoms with E-state index in [9.17, 15) is 32.7 Å². The molecule has 11 nitrogen and oxygen atoms in total. The molecule has 2 fully saturated rings. The molecule has 7 rings (SSSR count). The molecule has 1 saturated heterocycles. The third-order valence-corrected chi connectivity index (χ3v) is 10.3. The number of pyridine rings is 1. The molecule has 2 N–H and O–H groups in total. The summed E-state index contributed by atoms with van der Waals surface area (Å²) in [4.78, 5) is 59.7. The summed E-state index contributed by atoms with van der Waals surface area (Å²) in [5.74, 6) is -4.55. The molecule has 1 saturated carbocycles. The van der Waals surface area contributed by atoms with E-state index >= 15 is 4.79 Å². The third-order valence-electron chi connectivity index (χ3n) is 9.31. The number of carbonyl (C=O) groups is 2. The number of aromatic nitrogens is 4. The second-order valence-electron chi connectivity index (χ2n) is 11.7. The minimum Gasteiger partial charge on any atom is -0.508 e. The van der Waals surface area contributed by atoms with E-state index in [4.69, 9.17) is 23.2 Å². The van der Waals surface area contributed by atoms with Crippen molar-refractivity contribution in [3.63, 3.8) is 0 Å². The number of amides is 2. The summed E-state index contributed by atoms with van der Waals surface area (Å²) >= 11 is 15.9. The lowest BCUT2D eigenvalue weighted by molar-refractivity contribution is -0.139. The minimum absolute atomic E-state index is 0.0391. The summed E-state index contributed by atoms with van der Waals surface area (Å²) in [6.45, 7) is -0.0391. The maximum atomic E-state index is 15.0. The number of nitrogens with one attached hydrogen (secondary N) is 1. The molecule has 3 aliphatic rings. The lowest BCUT2D eigenvalue weighted by atomic mass is 9.53. The van der Waals surface area contributed by atoms with Gasteiger partial charge in [-0.3, -0.25) is 15.0 Å². The number of phenolic OH excluding ortho intramolecular Hbond substituents is 1. The lowest BCUT2D eigenvalue weighted by Gasteiger charge is -2.49. The van der Waals surface area contributed by atoms with E-state index in [-0.39, 0.29) is 30.1 Å². The monoisotopic (exact) mass is 764 g/mol. The third kappa shape index (κ3) is 4.58. The summed E-state index contributed by atoms with van der Waals surface area (Å²) in [7, 11) is 1.33. The smallest absolute Gasteiger partial charge is 0.417 e. The Morgan fingerprint density at radius 2 is 1.75 bits per heavy atom. The van der Waals surface area contributed by atoms with Crippen molar-refractivity contribution >= 4 is 56.8 Å². The fraction of sp³-hybridized carbons (Fsp3) is 0.258. The highest BCUT2D eigenvalue weighted by molar-refractivity contribution is 9.10. The van der Waals surface area contributed by atoms with Gasteiger partial charge >= 0.3 is 17.6 Å². The number of phenols is 1. The second-order valence-corrected chi connectivity index (χ2v) is 13.5. The average Bonchev–Trinajstić information content (AvgIpc) is 3.39. The maximum absolute atomic E-state index is 15.0. The summed E-state index contributed by atoms with van der Waals surface area (Å²) in [6, 6.07) is 10.6. The standard InChI is InChI=1S/C31H22BrCl2F3N6O5/c1-40-28(47)41-9-8-18-22(43(41)29(40)48)12-20-26(45)42(39-25-21(34)10-15(13-38-25)31(35,36)37)27(46)30(20,14-2-5-17(33)6-3-14)24(18)19-11-16(32)4-7-23(19)44/h2-8,10-11,13,20,22,24,44H,9,12H2,1H3,(H,38,39)/t20-,22+,24+,30+/m0/s1. The number of allylic oxidation sites excluding steroid dienone is 2. The maximum Gasteiger partial charge on any atom is 0.417 e. The fourth-order valence-corrected chi connectivity index (χ4v) is 7.97. The number of alkyl halides is 3. The van der Waals surface area contributed by atoms with Gasteiger partial charge in [0.05, 0.1) is 34.5 Å². The molecule has 2 aromatic carbocycles. The van der Waals surface area contributed by atoms with Gasteiger partial charge in [0, 0.05) is 34.2 Å². The van der Waals surface area contributed by atoms with Crippen molar-refractivity contribution in [2.45, 2.75) is 36.5 Å². The Balaban J connectivity index is 1.48. The molecule has 2 aliphatic heterocycles. The number of hydrogen-bond donors (Lipinski definition) is 2. The number of anilines is 1. The van der Waals surface area contributed by atoms with Crippen LogP contribution in [0.2, 0.25) is 10.0 Å². The van der Waals surface area contributed by atoms with E-state index in [2.05, 4.69) is 26.3 Å². The number of halogens is 6. The second kappa shape index (κ2) is 11.1. The Morgan fingerprint density at radius 3 is 2.42 bits per heavy atom. The quantitative estimate of drug-likeness (QED) is 0.217. The molecular weight excluding hydrogens is 744 g/mol. The SMILES string of the molecule is Cn1c(=O)n2n(c1=O)[C@@H]1C[C@H]3C(=O)N(Nc4ncc(C(F)(F)F)cc4Cl)C(=O)[C@@]3(c3ccc(Cl)cc3)[C@@H](c3cc(Br)ccc3O)C1=CC2. The van der Waals surface area contributed by atoms with Crippen LogP contribution < -0.4 is 16.8 Å². The summed E-state index contributed by atoms with van der Waals surface area (Å²) in [5.41, 5.74) is -0.511. The number of rotatable bonds is 4. The molecule has 0 radical (unpaired) electrons. The number of benzene rings is 2. The molecule has 0 bridgehead atoms. The molecule has 4 aromatic rings. The lowest BCUT2D eigenvalue weighted by Crippen LogP contribution is -2.53. The number of hydrazine groups is 1. The van der Waals surface area contributed by atoms with E-state index in [0.29, 0.717) is 37.9 Å². The minimum atomic E-state index is -4.75. The van der Waals surface area contributed by atoms with Crippen molar-refractivity contribution in [2.24, 2.45) is 13.0 Å². The summed E-state index contributed by atoms with van der Waals surface area (Å²) in [6.07, 6.45) is -2.65. The predicted molar refractivity (Wildman–Crippen MR) is 171 cm³/mol.